The molecule has 1 aliphatic rings. The molecule has 7 nitrogen and oxygen atoms in total. The molecule has 0 saturated carbocycles. The van der Waals surface area contributed by atoms with Gasteiger partial charge in [-0.05, 0) is 73.2 Å². The van der Waals surface area contributed by atoms with Crippen LogP contribution >= 0.6 is 12.2 Å². The highest BCUT2D eigenvalue weighted by molar-refractivity contribution is 7.80. The van der Waals surface area contributed by atoms with E-state index in [4.69, 9.17) is 12.2 Å². The van der Waals surface area contributed by atoms with Crippen molar-refractivity contribution in [2.75, 3.05) is 4.90 Å². The Morgan fingerprint density at radius 2 is 1.82 bits per heavy atom. The second kappa shape index (κ2) is 8.48. The average Bonchev–Trinajstić information content (AvgIpc) is 3.44. The first-order valence-electron chi connectivity index (χ1n) is 10.5. The number of anilines is 1. The van der Waals surface area contributed by atoms with E-state index in [-0.39, 0.29) is 17.8 Å². The predicted octanol–water partition coefficient (Wildman–Crippen LogP) is 5.27. The first-order chi connectivity index (χ1) is 16.0. The summed E-state index contributed by atoms with van der Waals surface area (Å²) in [4.78, 5) is 17.4. The van der Waals surface area contributed by atoms with Crippen LogP contribution in [-0.2, 0) is 0 Å². The Balaban J connectivity index is 1.64. The number of pyridine rings is 1. The molecule has 2 aromatic carbocycles. The quantitative estimate of drug-likeness (QED) is 0.251. The number of hydrogen-bond acceptors (Lipinski definition) is 4. The summed E-state index contributed by atoms with van der Waals surface area (Å²) < 4.78 is 2.04. The van der Waals surface area contributed by atoms with Crippen LogP contribution < -0.4 is 10.2 Å². The van der Waals surface area contributed by atoms with Gasteiger partial charge in [-0.15, -0.1) is 0 Å². The lowest BCUT2D eigenvalue weighted by molar-refractivity contribution is -0.384. The van der Waals surface area contributed by atoms with Gasteiger partial charge >= 0.3 is 0 Å². The number of rotatable bonds is 5. The van der Waals surface area contributed by atoms with Crippen molar-refractivity contribution < 1.29 is 4.92 Å². The van der Waals surface area contributed by atoms with Gasteiger partial charge in [0.15, 0.2) is 5.11 Å². The third kappa shape index (κ3) is 3.85. The van der Waals surface area contributed by atoms with E-state index in [0.717, 1.165) is 28.3 Å². The minimum atomic E-state index is -0.393. The molecule has 0 radical (unpaired) electrons. The summed E-state index contributed by atoms with van der Waals surface area (Å²) in [5.41, 5.74) is 4.91. The van der Waals surface area contributed by atoms with Crippen LogP contribution in [0.3, 0.4) is 0 Å². The highest BCUT2D eigenvalue weighted by Crippen LogP contribution is 2.42. The van der Waals surface area contributed by atoms with Crippen LogP contribution in [0.25, 0.3) is 5.69 Å². The Bertz CT molecular complexity index is 1320. The molecule has 8 heteroatoms. The summed E-state index contributed by atoms with van der Waals surface area (Å²) in [5, 5.41) is 15.2. The van der Waals surface area contributed by atoms with Gasteiger partial charge in [-0.1, -0.05) is 18.2 Å². The SMILES string of the molecule is Cc1cccc(N2C(=S)NC(c3ccccn3)C2c2cccn2-c2ccc([N+](=O)[O-])cc2)c1. The first kappa shape index (κ1) is 20.8. The third-order valence-electron chi connectivity index (χ3n) is 5.80. The van der Waals surface area contributed by atoms with Gasteiger partial charge < -0.3 is 14.8 Å². The van der Waals surface area contributed by atoms with E-state index >= 15 is 0 Å². The summed E-state index contributed by atoms with van der Waals surface area (Å²) in [6, 6.07) is 24.3. The number of nitro benzene ring substituents is 1. The maximum absolute atomic E-state index is 11.1. The molecule has 5 rings (SSSR count). The maximum Gasteiger partial charge on any atom is 0.269 e. The molecule has 33 heavy (non-hydrogen) atoms. The minimum Gasteiger partial charge on any atom is -0.351 e. The molecule has 2 atom stereocenters. The lowest BCUT2D eigenvalue weighted by Gasteiger charge is -2.29. The Morgan fingerprint density at radius 1 is 1.00 bits per heavy atom. The van der Waals surface area contributed by atoms with Crippen molar-refractivity contribution in [3.05, 3.63) is 118 Å². The van der Waals surface area contributed by atoms with Crippen LogP contribution in [0.15, 0.2) is 91.3 Å². The predicted molar refractivity (Wildman–Crippen MR) is 132 cm³/mol. The lowest BCUT2D eigenvalue weighted by Crippen LogP contribution is -2.30. The van der Waals surface area contributed by atoms with Gasteiger partial charge in [0.25, 0.3) is 5.69 Å². The van der Waals surface area contributed by atoms with E-state index in [1.807, 2.05) is 47.2 Å². The molecule has 2 aromatic heterocycles. The number of nitrogens with zero attached hydrogens (tertiary/aromatic N) is 4. The normalized spacial score (nSPS) is 17.7. The van der Waals surface area contributed by atoms with Gasteiger partial charge in [0.2, 0.25) is 0 Å². The number of aryl methyl sites for hydroxylation is 1. The van der Waals surface area contributed by atoms with E-state index in [1.54, 1.807) is 18.3 Å². The average molecular weight is 456 g/mol. The monoisotopic (exact) mass is 455 g/mol. The first-order valence-corrected chi connectivity index (χ1v) is 10.9. The van der Waals surface area contributed by atoms with E-state index < -0.39 is 4.92 Å². The van der Waals surface area contributed by atoms with E-state index in [0.29, 0.717) is 5.11 Å². The highest BCUT2D eigenvalue weighted by atomic mass is 32.1. The number of hydrogen-bond donors (Lipinski definition) is 1. The van der Waals surface area contributed by atoms with Gasteiger partial charge in [0, 0.05) is 41.6 Å². The molecule has 2 unspecified atom stereocenters. The zero-order valence-corrected chi connectivity index (χ0v) is 18.6. The van der Waals surface area contributed by atoms with Crippen LogP contribution in [0.5, 0.6) is 0 Å². The number of aromatic nitrogens is 2. The Morgan fingerprint density at radius 3 is 2.52 bits per heavy atom. The molecule has 0 bridgehead atoms. The zero-order valence-electron chi connectivity index (χ0n) is 17.8. The Kier molecular flexibility index (Phi) is 5.35. The number of non-ortho nitro benzene ring substituents is 1. The molecule has 0 aliphatic carbocycles. The van der Waals surface area contributed by atoms with Gasteiger partial charge in [-0.2, -0.15) is 0 Å². The van der Waals surface area contributed by atoms with Crippen LogP contribution in [-0.4, -0.2) is 19.6 Å². The van der Waals surface area contributed by atoms with E-state index in [1.165, 1.54) is 12.1 Å². The second-order valence-electron chi connectivity index (χ2n) is 7.91. The van der Waals surface area contributed by atoms with Crippen LogP contribution in [0.4, 0.5) is 11.4 Å². The van der Waals surface area contributed by atoms with Crippen molar-refractivity contribution >= 4 is 28.7 Å². The Hall–Kier alpha value is -4.04. The minimum absolute atomic E-state index is 0.0592. The zero-order chi connectivity index (χ0) is 22.9. The summed E-state index contributed by atoms with van der Waals surface area (Å²) in [6.45, 7) is 2.06. The standard InChI is InChI=1S/C25H21N5O2S/c1-17-6-4-7-20(16-17)29-24(23(27-25(29)33)21-8-2-3-14-26-21)22-9-5-15-28(22)18-10-12-19(13-11-18)30(31)32/h2-16,23-24H,1H3,(H,27,33). The van der Waals surface area contributed by atoms with E-state index in [9.17, 15) is 10.1 Å². The molecule has 4 aromatic rings. The fraction of sp³-hybridized carbons (Fsp3) is 0.120. The molecular formula is C25H21N5O2S. The molecular weight excluding hydrogens is 434 g/mol. The molecule has 0 spiro atoms. The molecule has 1 N–H and O–H groups in total. The van der Waals surface area contributed by atoms with Crippen molar-refractivity contribution in [3.8, 4) is 5.69 Å². The molecule has 1 saturated heterocycles. The summed E-state index contributed by atoms with van der Waals surface area (Å²) in [5.74, 6) is 0. The molecule has 3 heterocycles. The number of nitro groups is 1. The van der Waals surface area contributed by atoms with Gasteiger partial charge in [0.05, 0.1) is 16.7 Å². The van der Waals surface area contributed by atoms with Crippen LogP contribution in [0.1, 0.15) is 29.0 Å². The summed E-state index contributed by atoms with van der Waals surface area (Å²) >= 11 is 5.80. The maximum atomic E-state index is 11.1. The molecule has 0 amide bonds. The van der Waals surface area contributed by atoms with Crippen molar-refractivity contribution in [2.45, 2.75) is 19.0 Å². The van der Waals surface area contributed by atoms with Crippen LogP contribution in [0.2, 0.25) is 0 Å². The fourth-order valence-corrected chi connectivity index (χ4v) is 4.66. The van der Waals surface area contributed by atoms with Crippen molar-refractivity contribution in [1.82, 2.24) is 14.9 Å². The van der Waals surface area contributed by atoms with Gasteiger partial charge in [-0.25, -0.2) is 0 Å². The highest BCUT2D eigenvalue weighted by Gasteiger charge is 2.42. The Labute approximate surface area is 196 Å². The topological polar surface area (TPSA) is 76.2 Å². The smallest absolute Gasteiger partial charge is 0.269 e. The summed E-state index contributed by atoms with van der Waals surface area (Å²) in [6.07, 6.45) is 3.74. The molecule has 1 fully saturated rings. The largest absolute Gasteiger partial charge is 0.351 e. The summed E-state index contributed by atoms with van der Waals surface area (Å²) in [7, 11) is 0. The van der Waals surface area contributed by atoms with Gasteiger partial charge in [-0.3, -0.25) is 15.1 Å². The fourth-order valence-electron chi connectivity index (χ4n) is 4.32. The number of thiocarbonyl (C=S) groups is 1. The lowest BCUT2D eigenvalue weighted by atomic mass is 10.0. The second-order valence-corrected chi connectivity index (χ2v) is 8.30. The van der Waals surface area contributed by atoms with Gasteiger partial charge in [0.1, 0.15) is 6.04 Å². The number of nitrogens with one attached hydrogen (secondary N) is 1. The van der Waals surface area contributed by atoms with Crippen molar-refractivity contribution in [2.24, 2.45) is 0 Å². The third-order valence-corrected chi connectivity index (χ3v) is 6.11. The molecule has 164 valence electrons. The van der Waals surface area contributed by atoms with Crippen molar-refractivity contribution in [1.29, 1.82) is 0 Å². The van der Waals surface area contributed by atoms with Crippen LogP contribution in [0, 0.1) is 17.0 Å². The van der Waals surface area contributed by atoms with Crippen molar-refractivity contribution in [3.63, 3.8) is 0 Å². The van der Waals surface area contributed by atoms with E-state index in [2.05, 4.69) is 40.3 Å². The number of benzene rings is 2. The molecule has 1 aliphatic heterocycles.